The number of aliphatic hydroxyl groups excluding tert-OH is 1. The molecule has 1 nitrogen and oxygen atoms in total. The van der Waals surface area contributed by atoms with Crippen LogP contribution in [0, 0.1) is 17.7 Å². The van der Waals surface area contributed by atoms with E-state index in [1.165, 1.54) is 31.4 Å². The van der Waals surface area contributed by atoms with Gasteiger partial charge in [0.05, 0.1) is 6.10 Å². The van der Waals surface area contributed by atoms with E-state index in [0.717, 1.165) is 23.7 Å². The molecule has 1 fully saturated rings. The number of hydrogen-bond donors (Lipinski definition) is 1. The second-order valence-electron chi connectivity index (χ2n) is 5.54. The van der Waals surface area contributed by atoms with Gasteiger partial charge in [-0.25, -0.2) is 4.39 Å². The van der Waals surface area contributed by atoms with Gasteiger partial charge in [0.25, 0.3) is 0 Å². The minimum atomic E-state index is -0.261. The second-order valence-corrected chi connectivity index (χ2v) is 6.63. The number of rotatable bonds is 5. The molecule has 0 amide bonds. The molecule has 2 rings (SSSR count). The van der Waals surface area contributed by atoms with Gasteiger partial charge in [0, 0.05) is 10.6 Å². The first-order valence-corrected chi connectivity index (χ1v) is 8.24. The molecule has 1 saturated carbocycles. The summed E-state index contributed by atoms with van der Waals surface area (Å²) in [4.78, 5) is 0.905. The summed E-state index contributed by atoms with van der Waals surface area (Å²) in [5.74, 6) is 1.68. The van der Waals surface area contributed by atoms with Gasteiger partial charge < -0.3 is 5.11 Å². The van der Waals surface area contributed by atoms with Crippen LogP contribution in [0.15, 0.2) is 29.2 Å². The minimum absolute atomic E-state index is 0.205. The van der Waals surface area contributed by atoms with Crippen LogP contribution >= 0.6 is 11.8 Å². The van der Waals surface area contributed by atoms with E-state index in [1.54, 1.807) is 17.8 Å². The van der Waals surface area contributed by atoms with Crippen LogP contribution in [0.5, 0.6) is 0 Å². The average Bonchev–Trinajstić information content (AvgIpc) is 2.45. The summed E-state index contributed by atoms with van der Waals surface area (Å²) in [6, 6.07) is 6.61. The molecule has 1 aromatic rings. The number of thioether (sulfide) groups is 1. The summed E-state index contributed by atoms with van der Waals surface area (Å²) in [5.41, 5.74) is 0. The molecule has 0 spiro atoms. The van der Waals surface area contributed by atoms with Crippen molar-refractivity contribution in [2.45, 2.75) is 50.0 Å². The van der Waals surface area contributed by atoms with Crippen molar-refractivity contribution in [2.24, 2.45) is 11.8 Å². The third-order valence-electron chi connectivity index (χ3n) is 4.16. The van der Waals surface area contributed by atoms with Gasteiger partial charge in [-0.3, -0.25) is 0 Å². The highest BCUT2D eigenvalue weighted by atomic mass is 32.2. The number of hydrogen-bond acceptors (Lipinski definition) is 2. The molecule has 106 valence electrons. The van der Waals surface area contributed by atoms with Gasteiger partial charge >= 0.3 is 0 Å². The van der Waals surface area contributed by atoms with Crippen molar-refractivity contribution in [3.8, 4) is 0 Å². The maximum absolute atomic E-state index is 13.1. The van der Waals surface area contributed by atoms with E-state index in [9.17, 15) is 9.50 Å². The molecule has 0 bridgehead atoms. The summed E-state index contributed by atoms with van der Waals surface area (Å²) in [6.45, 7) is 2.24. The van der Waals surface area contributed by atoms with Gasteiger partial charge in [0.15, 0.2) is 0 Å². The molecule has 1 aliphatic rings. The quantitative estimate of drug-likeness (QED) is 0.803. The Hall–Kier alpha value is -0.540. The zero-order valence-electron chi connectivity index (χ0n) is 11.5. The predicted octanol–water partition coefficient (Wildman–Crippen LogP) is 4.50. The van der Waals surface area contributed by atoms with Crippen molar-refractivity contribution in [3.63, 3.8) is 0 Å². The Balaban J connectivity index is 1.82. The average molecular weight is 282 g/mol. The maximum atomic E-state index is 13.1. The third kappa shape index (κ3) is 4.50. The molecule has 0 saturated heterocycles. The molecule has 1 aromatic carbocycles. The predicted molar refractivity (Wildman–Crippen MR) is 78.9 cm³/mol. The van der Waals surface area contributed by atoms with Gasteiger partial charge in [0.1, 0.15) is 5.82 Å². The fourth-order valence-electron chi connectivity index (χ4n) is 2.93. The Labute approximate surface area is 119 Å². The Morgan fingerprint density at radius 1 is 1.42 bits per heavy atom. The molecule has 0 heterocycles. The SMILES string of the molecule is CCC1CCCC(C(O)CSc2cccc(F)c2)C1. The third-order valence-corrected chi connectivity index (χ3v) is 5.26. The Bertz CT molecular complexity index is 396. The van der Waals surface area contributed by atoms with E-state index in [4.69, 9.17) is 0 Å². The zero-order valence-corrected chi connectivity index (χ0v) is 12.3. The fraction of sp³-hybridized carbons (Fsp3) is 0.625. The summed E-state index contributed by atoms with van der Waals surface area (Å²) >= 11 is 1.56. The molecular formula is C16H23FOS. The molecule has 1 N–H and O–H groups in total. The van der Waals surface area contributed by atoms with Crippen molar-refractivity contribution in [1.82, 2.24) is 0 Å². The zero-order chi connectivity index (χ0) is 13.7. The molecule has 3 atom stereocenters. The van der Waals surface area contributed by atoms with E-state index >= 15 is 0 Å². The van der Waals surface area contributed by atoms with E-state index < -0.39 is 0 Å². The van der Waals surface area contributed by atoms with Gasteiger partial charge in [-0.05, 0) is 42.9 Å². The Morgan fingerprint density at radius 2 is 2.26 bits per heavy atom. The summed E-state index contributed by atoms with van der Waals surface area (Å²) in [5, 5.41) is 10.3. The summed E-state index contributed by atoms with van der Waals surface area (Å²) in [6.07, 6.45) is 5.81. The van der Waals surface area contributed by atoms with Gasteiger partial charge in [-0.15, -0.1) is 11.8 Å². The highest BCUT2D eigenvalue weighted by molar-refractivity contribution is 7.99. The highest BCUT2D eigenvalue weighted by Gasteiger charge is 2.26. The maximum Gasteiger partial charge on any atom is 0.124 e. The van der Waals surface area contributed by atoms with Crippen LogP contribution in [-0.2, 0) is 0 Å². The second kappa shape index (κ2) is 7.30. The van der Waals surface area contributed by atoms with E-state index in [-0.39, 0.29) is 11.9 Å². The molecule has 0 aliphatic heterocycles. The molecule has 0 radical (unpaired) electrons. The molecular weight excluding hydrogens is 259 g/mol. The molecule has 1 aliphatic carbocycles. The Morgan fingerprint density at radius 3 is 3.00 bits per heavy atom. The van der Waals surface area contributed by atoms with Crippen molar-refractivity contribution >= 4 is 11.8 Å². The van der Waals surface area contributed by atoms with E-state index in [1.807, 2.05) is 6.07 Å². The topological polar surface area (TPSA) is 20.2 Å². The Kier molecular flexibility index (Phi) is 5.71. The van der Waals surface area contributed by atoms with Gasteiger partial charge in [0.2, 0.25) is 0 Å². The summed E-state index contributed by atoms with van der Waals surface area (Å²) < 4.78 is 13.1. The van der Waals surface area contributed by atoms with Crippen LogP contribution in [0.3, 0.4) is 0 Å². The molecule has 19 heavy (non-hydrogen) atoms. The van der Waals surface area contributed by atoms with Crippen LogP contribution in [-0.4, -0.2) is 17.0 Å². The fourth-order valence-corrected chi connectivity index (χ4v) is 3.93. The van der Waals surface area contributed by atoms with Crippen LogP contribution in [0.4, 0.5) is 4.39 Å². The van der Waals surface area contributed by atoms with Crippen molar-refractivity contribution < 1.29 is 9.50 Å². The molecule has 0 aromatic heterocycles. The minimum Gasteiger partial charge on any atom is -0.392 e. The van der Waals surface area contributed by atoms with Crippen molar-refractivity contribution in [3.05, 3.63) is 30.1 Å². The van der Waals surface area contributed by atoms with Crippen LogP contribution < -0.4 is 0 Å². The largest absolute Gasteiger partial charge is 0.392 e. The van der Waals surface area contributed by atoms with E-state index in [0.29, 0.717) is 11.7 Å². The first-order chi connectivity index (χ1) is 9.19. The smallest absolute Gasteiger partial charge is 0.124 e. The van der Waals surface area contributed by atoms with Gasteiger partial charge in [-0.2, -0.15) is 0 Å². The molecule has 3 unspecified atom stereocenters. The number of aliphatic hydroxyl groups is 1. The van der Waals surface area contributed by atoms with E-state index in [2.05, 4.69) is 6.92 Å². The lowest BCUT2D eigenvalue weighted by Gasteiger charge is -2.31. The standard InChI is InChI=1S/C16H23FOS/c1-2-12-5-3-6-13(9-12)16(18)11-19-15-8-4-7-14(17)10-15/h4,7-8,10,12-13,16,18H,2-3,5-6,9,11H2,1H3. The van der Waals surface area contributed by atoms with Crippen LogP contribution in [0.25, 0.3) is 0 Å². The highest BCUT2D eigenvalue weighted by Crippen LogP contribution is 2.34. The monoisotopic (exact) mass is 282 g/mol. The van der Waals surface area contributed by atoms with Crippen molar-refractivity contribution in [1.29, 1.82) is 0 Å². The number of benzene rings is 1. The number of halogens is 1. The van der Waals surface area contributed by atoms with Crippen LogP contribution in [0.1, 0.15) is 39.0 Å². The van der Waals surface area contributed by atoms with Gasteiger partial charge in [-0.1, -0.05) is 32.3 Å². The normalized spacial score (nSPS) is 25.2. The first kappa shape index (κ1) is 14.9. The lowest BCUT2D eigenvalue weighted by molar-refractivity contribution is 0.0862. The summed E-state index contributed by atoms with van der Waals surface area (Å²) in [7, 11) is 0. The first-order valence-electron chi connectivity index (χ1n) is 7.25. The van der Waals surface area contributed by atoms with Crippen LogP contribution in [0.2, 0.25) is 0 Å². The lowest BCUT2D eigenvalue weighted by atomic mass is 9.78. The lowest BCUT2D eigenvalue weighted by Crippen LogP contribution is -2.28. The van der Waals surface area contributed by atoms with Crippen molar-refractivity contribution in [2.75, 3.05) is 5.75 Å². The molecule has 3 heteroatoms.